The van der Waals surface area contributed by atoms with E-state index in [2.05, 4.69) is 0 Å². The second-order valence-corrected chi connectivity index (χ2v) is 1.81. The van der Waals surface area contributed by atoms with E-state index >= 15 is 0 Å². The molecule has 2 nitrogen and oxygen atoms in total. The van der Waals surface area contributed by atoms with Gasteiger partial charge in [-0.2, -0.15) is 0 Å². The maximum absolute atomic E-state index is 8.59. The number of hydrogen-bond acceptors (Lipinski definition) is 2. The van der Waals surface area contributed by atoms with Crippen molar-refractivity contribution in [3.8, 4) is 0 Å². The molecule has 0 saturated heterocycles. The van der Waals surface area contributed by atoms with Gasteiger partial charge in [-0.25, -0.2) is 0 Å². The molecule has 1 aliphatic rings. The molecule has 0 aromatic heterocycles. The van der Waals surface area contributed by atoms with Crippen LogP contribution >= 0.6 is 12.4 Å². The Morgan fingerprint density at radius 3 is 1.86 bits per heavy atom. The first kappa shape index (κ1) is 7.21. The molecule has 0 aliphatic heterocycles. The molecule has 1 saturated carbocycles. The van der Waals surface area contributed by atoms with Crippen LogP contribution in [-0.2, 0) is 0 Å². The van der Waals surface area contributed by atoms with Crippen molar-refractivity contribution in [3.05, 3.63) is 0 Å². The normalized spacial score (nSPS) is 38.6. The van der Waals surface area contributed by atoms with Crippen molar-refractivity contribution < 1.29 is 5.11 Å². The standard InChI is InChI=1S/C4H9NO.ClH/c5-3-1-2-4(3)6;/h3-4,6H,1-2,5H2;1H/t3-,4-;/m1./s1. The largest absolute Gasteiger partial charge is 0.392 e. The number of halogens is 1. The molecule has 1 fully saturated rings. The number of hydrogen-bond donors (Lipinski definition) is 2. The fourth-order valence-corrected chi connectivity index (χ4v) is 0.508. The third kappa shape index (κ3) is 1.30. The summed E-state index contributed by atoms with van der Waals surface area (Å²) in [4.78, 5) is 0. The lowest BCUT2D eigenvalue weighted by atomic mass is 9.90. The summed E-state index contributed by atoms with van der Waals surface area (Å²) in [6.45, 7) is 0. The number of aliphatic hydroxyl groups is 1. The van der Waals surface area contributed by atoms with Crippen LogP contribution in [-0.4, -0.2) is 17.3 Å². The second-order valence-electron chi connectivity index (χ2n) is 1.81. The molecule has 0 unspecified atom stereocenters. The highest BCUT2D eigenvalue weighted by molar-refractivity contribution is 5.85. The third-order valence-electron chi connectivity index (χ3n) is 1.29. The molecule has 0 spiro atoms. The van der Waals surface area contributed by atoms with Crippen molar-refractivity contribution in [2.75, 3.05) is 0 Å². The van der Waals surface area contributed by atoms with E-state index in [0.717, 1.165) is 12.8 Å². The van der Waals surface area contributed by atoms with Crippen molar-refractivity contribution in [3.63, 3.8) is 0 Å². The first-order chi connectivity index (χ1) is 2.80. The first-order valence-electron chi connectivity index (χ1n) is 2.24. The molecule has 0 aromatic rings. The zero-order chi connectivity index (χ0) is 4.57. The molecule has 0 radical (unpaired) electrons. The highest BCUT2D eigenvalue weighted by atomic mass is 35.5. The lowest BCUT2D eigenvalue weighted by Gasteiger charge is -2.27. The van der Waals surface area contributed by atoms with E-state index in [-0.39, 0.29) is 24.6 Å². The van der Waals surface area contributed by atoms with Gasteiger partial charge >= 0.3 is 0 Å². The monoisotopic (exact) mass is 123 g/mol. The van der Waals surface area contributed by atoms with Gasteiger partial charge in [-0.15, -0.1) is 12.4 Å². The minimum atomic E-state index is -0.190. The van der Waals surface area contributed by atoms with Gasteiger partial charge in [-0.3, -0.25) is 0 Å². The van der Waals surface area contributed by atoms with Gasteiger partial charge in [-0.05, 0) is 12.8 Å². The summed E-state index contributed by atoms with van der Waals surface area (Å²) in [6, 6.07) is 0.0880. The molecule has 44 valence electrons. The van der Waals surface area contributed by atoms with Gasteiger partial charge in [0.1, 0.15) is 0 Å². The fourth-order valence-electron chi connectivity index (χ4n) is 0.508. The molecule has 7 heavy (non-hydrogen) atoms. The van der Waals surface area contributed by atoms with Crippen LogP contribution in [0.15, 0.2) is 0 Å². The van der Waals surface area contributed by atoms with Gasteiger partial charge in [0.05, 0.1) is 6.10 Å². The number of aliphatic hydroxyl groups excluding tert-OH is 1. The van der Waals surface area contributed by atoms with Crippen LogP contribution < -0.4 is 5.73 Å². The van der Waals surface area contributed by atoms with Crippen LogP contribution in [0.2, 0.25) is 0 Å². The van der Waals surface area contributed by atoms with Crippen LogP contribution in [0, 0.1) is 0 Å². The van der Waals surface area contributed by atoms with Gasteiger partial charge in [0.25, 0.3) is 0 Å². The highest BCUT2D eigenvalue weighted by Gasteiger charge is 2.23. The maximum Gasteiger partial charge on any atom is 0.0691 e. The minimum absolute atomic E-state index is 0. The van der Waals surface area contributed by atoms with Crippen molar-refractivity contribution in [2.45, 2.75) is 25.0 Å². The lowest BCUT2D eigenvalue weighted by Crippen LogP contribution is -2.43. The topological polar surface area (TPSA) is 46.2 Å². The Kier molecular flexibility index (Phi) is 2.58. The molecular formula is C4H10ClNO. The van der Waals surface area contributed by atoms with E-state index in [1.54, 1.807) is 0 Å². The quantitative estimate of drug-likeness (QED) is 0.472. The average Bonchev–Trinajstić information content (AvgIpc) is 1.61. The van der Waals surface area contributed by atoms with Crippen LogP contribution in [0.1, 0.15) is 12.8 Å². The predicted molar refractivity (Wildman–Crippen MR) is 30.5 cm³/mol. The fraction of sp³-hybridized carbons (Fsp3) is 1.00. The molecule has 3 heteroatoms. The lowest BCUT2D eigenvalue weighted by molar-refractivity contribution is 0.0693. The second kappa shape index (κ2) is 2.50. The van der Waals surface area contributed by atoms with Crippen LogP contribution in [0.3, 0.4) is 0 Å². The molecule has 0 aromatic carbocycles. The SMILES string of the molecule is Cl.N[C@@H]1CC[C@H]1O. The molecule has 0 amide bonds. The Balaban J connectivity index is 0.000000360. The number of nitrogens with two attached hydrogens (primary N) is 1. The summed E-state index contributed by atoms with van der Waals surface area (Å²) in [7, 11) is 0. The average molecular weight is 124 g/mol. The van der Waals surface area contributed by atoms with Crippen LogP contribution in [0.25, 0.3) is 0 Å². The Morgan fingerprint density at radius 1 is 1.43 bits per heavy atom. The van der Waals surface area contributed by atoms with E-state index in [1.807, 2.05) is 0 Å². The van der Waals surface area contributed by atoms with Gasteiger partial charge in [0.2, 0.25) is 0 Å². The maximum atomic E-state index is 8.59. The van der Waals surface area contributed by atoms with Gasteiger partial charge in [0, 0.05) is 6.04 Å². The predicted octanol–water partition coefficient (Wildman–Crippen LogP) is -0.110. The molecular weight excluding hydrogens is 114 g/mol. The summed E-state index contributed by atoms with van der Waals surface area (Å²) >= 11 is 0. The third-order valence-corrected chi connectivity index (χ3v) is 1.29. The Labute approximate surface area is 49.1 Å². The minimum Gasteiger partial charge on any atom is -0.392 e. The summed E-state index contributed by atoms with van der Waals surface area (Å²) in [5.41, 5.74) is 5.27. The van der Waals surface area contributed by atoms with E-state index in [4.69, 9.17) is 10.8 Å². The Morgan fingerprint density at radius 2 is 1.86 bits per heavy atom. The molecule has 0 heterocycles. The number of rotatable bonds is 0. The van der Waals surface area contributed by atoms with Crippen molar-refractivity contribution in [1.82, 2.24) is 0 Å². The molecule has 0 bridgehead atoms. The molecule has 1 rings (SSSR count). The van der Waals surface area contributed by atoms with Crippen molar-refractivity contribution in [1.29, 1.82) is 0 Å². The van der Waals surface area contributed by atoms with E-state index in [9.17, 15) is 0 Å². The van der Waals surface area contributed by atoms with Gasteiger partial charge in [0.15, 0.2) is 0 Å². The van der Waals surface area contributed by atoms with E-state index < -0.39 is 0 Å². The highest BCUT2D eigenvalue weighted by Crippen LogP contribution is 2.15. The van der Waals surface area contributed by atoms with E-state index in [1.165, 1.54) is 0 Å². The smallest absolute Gasteiger partial charge is 0.0691 e. The summed E-state index contributed by atoms with van der Waals surface area (Å²) in [5, 5.41) is 8.59. The summed E-state index contributed by atoms with van der Waals surface area (Å²) in [5.74, 6) is 0. The van der Waals surface area contributed by atoms with E-state index in [0.29, 0.717) is 0 Å². The summed E-state index contributed by atoms with van der Waals surface area (Å²) < 4.78 is 0. The van der Waals surface area contributed by atoms with Gasteiger partial charge in [-0.1, -0.05) is 0 Å². The molecule has 3 N–H and O–H groups in total. The Hall–Kier alpha value is 0.210. The van der Waals surface area contributed by atoms with Crippen molar-refractivity contribution in [2.24, 2.45) is 5.73 Å². The van der Waals surface area contributed by atoms with Gasteiger partial charge < -0.3 is 10.8 Å². The zero-order valence-electron chi connectivity index (χ0n) is 4.00. The first-order valence-corrected chi connectivity index (χ1v) is 2.24. The summed E-state index contributed by atoms with van der Waals surface area (Å²) in [6.07, 6.45) is 1.72. The van der Waals surface area contributed by atoms with Crippen molar-refractivity contribution >= 4 is 12.4 Å². The molecule has 1 aliphatic carbocycles. The van der Waals surface area contributed by atoms with Crippen LogP contribution in [0.5, 0.6) is 0 Å². The van der Waals surface area contributed by atoms with Crippen LogP contribution in [0.4, 0.5) is 0 Å². The Bertz CT molecular complexity index is 51.7. The zero-order valence-corrected chi connectivity index (χ0v) is 4.82. The molecule has 2 atom stereocenters.